The predicted octanol–water partition coefficient (Wildman–Crippen LogP) is 2.24. The van der Waals surface area contributed by atoms with E-state index in [1.54, 1.807) is 6.20 Å². The molecular formula is C8H13ClN2. The van der Waals surface area contributed by atoms with Crippen LogP contribution in [0.1, 0.15) is 12.5 Å². The van der Waals surface area contributed by atoms with Gasteiger partial charge in [-0.25, -0.2) is 0 Å². The van der Waals surface area contributed by atoms with Crippen LogP contribution in [0.2, 0.25) is 0 Å². The lowest BCUT2D eigenvalue weighted by Gasteiger charge is -2.04. The maximum Gasteiger partial charge on any atom is 0.0556 e. The minimum absolute atomic E-state index is 0. The molecule has 0 atom stereocenters. The Balaban J connectivity index is 0.000001000. The van der Waals surface area contributed by atoms with Gasteiger partial charge in [0.1, 0.15) is 0 Å². The number of nitrogens with zero attached hydrogens (tertiary/aromatic N) is 1. The van der Waals surface area contributed by atoms with E-state index in [2.05, 4.69) is 24.1 Å². The first-order valence-electron chi connectivity index (χ1n) is 3.49. The fraction of sp³-hybridized carbons (Fsp3) is 0.375. The fourth-order valence-corrected chi connectivity index (χ4v) is 0.840. The monoisotopic (exact) mass is 172 g/mol. The molecular weight excluding hydrogens is 160 g/mol. The van der Waals surface area contributed by atoms with Crippen LogP contribution in [0, 0.1) is 6.92 Å². The summed E-state index contributed by atoms with van der Waals surface area (Å²) in [5.74, 6) is 0. The van der Waals surface area contributed by atoms with E-state index in [0.717, 1.165) is 12.2 Å². The average molecular weight is 173 g/mol. The van der Waals surface area contributed by atoms with Gasteiger partial charge in [0.15, 0.2) is 0 Å². The number of anilines is 1. The van der Waals surface area contributed by atoms with E-state index in [1.165, 1.54) is 5.56 Å². The van der Waals surface area contributed by atoms with E-state index in [9.17, 15) is 0 Å². The smallest absolute Gasteiger partial charge is 0.0556 e. The van der Waals surface area contributed by atoms with Crippen molar-refractivity contribution in [3.05, 3.63) is 24.0 Å². The van der Waals surface area contributed by atoms with Gasteiger partial charge in [-0.1, -0.05) is 0 Å². The summed E-state index contributed by atoms with van der Waals surface area (Å²) in [6, 6.07) is 2.00. The van der Waals surface area contributed by atoms with Gasteiger partial charge in [-0.15, -0.1) is 12.4 Å². The van der Waals surface area contributed by atoms with Crippen LogP contribution in [0.15, 0.2) is 18.5 Å². The van der Waals surface area contributed by atoms with Crippen molar-refractivity contribution in [1.29, 1.82) is 0 Å². The van der Waals surface area contributed by atoms with Crippen LogP contribution in [0.3, 0.4) is 0 Å². The van der Waals surface area contributed by atoms with Crippen molar-refractivity contribution in [3.8, 4) is 0 Å². The zero-order valence-electron chi connectivity index (χ0n) is 6.79. The van der Waals surface area contributed by atoms with Gasteiger partial charge in [-0.3, -0.25) is 4.98 Å². The Labute approximate surface area is 73.4 Å². The topological polar surface area (TPSA) is 24.9 Å². The molecule has 0 aliphatic carbocycles. The molecule has 1 N–H and O–H groups in total. The quantitative estimate of drug-likeness (QED) is 0.740. The van der Waals surface area contributed by atoms with E-state index in [1.807, 2.05) is 12.3 Å². The standard InChI is InChI=1S/C8H12N2.ClH/c1-3-10-8-6-9-5-4-7(8)2;/h4-6,10H,3H2,1-2H3;1H. The van der Waals surface area contributed by atoms with Crippen LogP contribution in [0.5, 0.6) is 0 Å². The van der Waals surface area contributed by atoms with Crippen molar-refractivity contribution in [2.24, 2.45) is 0 Å². The first-order chi connectivity index (χ1) is 4.84. The molecule has 0 fully saturated rings. The maximum atomic E-state index is 4.00. The molecule has 1 rings (SSSR count). The van der Waals surface area contributed by atoms with Crippen LogP contribution < -0.4 is 5.32 Å². The summed E-state index contributed by atoms with van der Waals surface area (Å²) in [6.07, 6.45) is 3.65. The highest BCUT2D eigenvalue weighted by atomic mass is 35.5. The summed E-state index contributed by atoms with van der Waals surface area (Å²) in [6.45, 7) is 5.10. The lowest BCUT2D eigenvalue weighted by atomic mass is 10.2. The summed E-state index contributed by atoms with van der Waals surface area (Å²) < 4.78 is 0. The number of hydrogen-bond acceptors (Lipinski definition) is 2. The molecule has 1 aromatic heterocycles. The van der Waals surface area contributed by atoms with Gasteiger partial charge in [-0.05, 0) is 25.5 Å². The average Bonchev–Trinajstić information content (AvgIpc) is 1.94. The molecule has 0 saturated carbocycles. The number of nitrogens with one attached hydrogen (secondary N) is 1. The highest BCUT2D eigenvalue weighted by molar-refractivity contribution is 5.85. The number of halogens is 1. The zero-order chi connectivity index (χ0) is 7.40. The molecule has 0 bridgehead atoms. The van der Waals surface area contributed by atoms with E-state index < -0.39 is 0 Å². The van der Waals surface area contributed by atoms with Gasteiger partial charge in [0, 0.05) is 12.7 Å². The molecule has 0 aliphatic rings. The highest BCUT2D eigenvalue weighted by Crippen LogP contribution is 2.09. The predicted molar refractivity (Wildman–Crippen MR) is 50.4 cm³/mol. The number of aryl methyl sites for hydroxylation is 1. The number of hydrogen-bond donors (Lipinski definition) is 1. The molecule has 0 saturated heterocycles. The largest absolute Gasteiger partial charge is 0.384 e. The van der Waals surface area contributed by atoms with Crippen molar-refractivity contribution in [1.82, 2.24) is 4.98 Å². The van der Waals surface area contributed by atoms with Crippen molar-refractivity contribution in [3.63, 3.8) is 0 Å². The van der Waals surface area contributed by atoms with Crippen LogP contribution in [-0.4, -0.2) is 11.5 Å². The van der Waals surface area contributed by atoms with E-state index in [0.29, 0.717) is 0 Å². The van der Waals surface area contributed by atoms with E-state index in [4.69, 9.17) is 0 Å². The number of pyridine rings is 1. The Morgan fingerprint density at radius 2 is 2.27 bits per heavy atom. The first kappa shape index (κ1) is 10.2. The molecule has 1 aromatic rings. The maximum absolute atomic E-state index is 4.00. The molecule has 0 radical (unpaired) electrons. The molecule has 11 heavy (non-hydrogen) atoms. The summed E-state index contributed by atoms with van der Waals surface area (Å²) in [5.41, 5.74) is 2.38. The van der Waals surface area contributed by atoms with E-state index in [-0.39, 0.29) is 12.4 Å². The van der Waals surface area contributed by atoms with Gasteiger partial charge in [0.2, 0.25) is 0 Å². The van der Waals surface area contributed by atoms with Crippen molar-refractivity contribution < 1.29 is 0 Å². The Hall–Kier alpha value is -0.760. The lowest BCUT2D eigenvalue weighted by molar-refractivity contribution is 1.17. The Kier molecular flexibility index (Phi) is 4.62. The first-order valence-corrected chi connectivity index (χ1v) is 3.49. The number of rotatable bonds is 2. The molecule has 1 heterocycles. The second kappa shape index (κ2) is 4.97. The third-order valence-corrected chi connectivity index (χ3v) is 1.41. The second-order valence-electron chi connectivity index (χ2n) is 2.22. The van der Waals surface area contributed by atoms with Gasteiger partial charge >= 0.3 is 0 Å². The van der Waals surface area contributed by atoms with Gasteiger partial charge in [0.05, 0.1) is 11.9 Å². The molecule has 2 nitrogen and oxygen atoms in total. The molecule has 0 aromatic carbocycles. The van der Waals surface area contributed by atoms with Gasteiger partial charge in [0.25, 0.3) is 0 Å². The van der Waals surface area contributed by atoms with E-state index >= 15 is 0 Å². The summed E-state index contributed by atoms with van der Waals surface area (Å²) in [4.78, 5) is 4.00. The highest BCUT2D eigenvalue weighted by Gasteiger charge is 1.91. The summed E-state index contributed by atoms with van der Waals surface area (Å²) >= 11 is 0. The fourth-order valence-electron chi connectivity index (χ4n) is 0.840. The van der Waals surface area contributed by atoms with Gasteiger partial charge < -0.3 is 5.32 Å². The molecule has 3 heteroatoms. The van der Waals surface area contributed by atoms with Crippen LogP contribution in [0.25, 0.3) is 0 Å². The molecule has 62 valence electrons. The SMILES string of the molecule is CCNc1cnccc1C.Cl. The zero-order valence-corrected chi connectivity index (χ0v) is 7.61. The second-order valence-corrected chi connectivity index (χ2v) is 2.22. The van der Waals surface area contributed by atoms with Crippen molar-refractivity contribution in [2.45, 2.75) is 13.8 Å². The third-order valence-electron chi connectivity index (χ3n) is 1.41. The Morgan fingerprint density at radius 3 is 2.82 bits per heavy atom. The Bertz CT molecular complexity index is 213. The lowest BCUT2D eigenvalue weighted by Crippen LogP contribution is -1.98. The van der Waals surface area contributed by atoms with Crippen LogP contribution >= 0.6 is 12.4 Å². The molecule has 0 unspecified atom stereocenters. The van der Waals surface area contributed by atoms with Gasteiger partial charge in [-0.2, -0.15) is 0 Å². The summed E-state index contributed by atoms with van der Waals surface area (Å²) in [7, 11) is 0. The minimum atomic E-state index is 0. The van der Waals surface area contributed by atoms with Crippen molar-refractivity contribution >= 4 is 18.1 Å². The Morgan fingerprint density at radius 1 is 1.55 bits per heavy atom. The minimum Gasteiger partial charge on any atom is -0.384 e. The summed E-state index contributed by atoms with van der Waals surface area (Å²) in [5, 5.41) is 3.21. The van der Waals surface area contributed by atoms with Crippen LogP contribution in [-0.2, 0) is 0 Å². The molecule has 0 aliphatic heterocycles. The molecule has 0 amide bonds. The molecule has 0 spiro atoms. The normalized spacial score (nSPS) is 8.55. The number of aromatic nitrogens is 1. The van der Waals surface area contributed by atoms with Crippen LogP contribution in [0.4, 0.5) is 5.69 Å². The van der Waals surface area contributed by atoms with Crippen molar-refractivity contribution in [2.75, 3.05) is 11.9 Å². The third kappa shape index (κ3) is 2.76.